The van der Waals surface area contributed by atoms with Gasteiger partial charge in [-0.15, -0.1) is 0 Å². The Balaban J connectivity index is 2.07. The van der Waals surface area contributed by atoms with Crippen molar-refractivity contribution in [2.45, 2.75) is 32.2 Å². The number of amides is 1. The normalized spacial score (nSPS) is 16.4. The van der Waals surface area contributed by atoms with Crippen LogP contribution in [-0.4, -0.2) is 47.4 Å². The molecule has 0 bridgehead atoms. The molecule has 1 fully saturated rings. The molecule has 0 spiro atoms. The highest BCUT2D eigenvalue weighted by molar-refractivity contribution is 7.11. The Bertz CT molecular complexity index is 525. The van der Waals surface area contributed by atoms with Crippen LogP contribution in [0.5, 0.6) is 0 Å². The summed E-state index contributed by atoms with van der Waals surface area (Å²) in [6.45, 7) is 3.35. The number of rotatable bonds is 4. The topological polar surface area (TPSA) is 97.5 Å². The molecule has 1 aliphatic heterocycles. The fourth-order valence-electron chi connectivity index (χ4n) is 2.35. The highest BCUT2D eigenvalue weighted by atomic mass is 32.1. The number of nitrogen functional groups attached to an aromatic ring is 1. The van der Waals surface area contributed by atoms with Crippen LogP contribution in [0.2, 0.25) is 0 Å². The van der Waals surface area contributed by atoms with Gasteiger partial charge in [-0.3, -0.25) is 4.79 Å². The standard InChI is InChI=1S/C13H20N4O3S/c1-8(12(18)17-6-4-3-5-7-17)15-11-9(13(19)20-2)10(14)16-21-11/h8,15H,3-7H2,1-2H3,(H2,14,16). The number of nitrogens with two attached hydrogens (primary N) is 1. The number of esters is 1. The van der Waals surface area contributed by atoms with Gasteiger partial charge in [-0.2, -0.15) is 4.37 Å². The van der Waals surface area contributed by atoms with Crippen LogP contribution in [0.1, 0.15) is 36.5 Å². The molecular formula is C13H20N4O3S. The number of methoxy groups -OCH3 is 1. The van der Waals surface area contributed by atoms with Crippen LogP contribution in [0.15, 0.2) is 0 Å². The molecule has 2 rings (SSSR count). The molecule has 1 aromatic rings. The predicted octanol–water partition coefficient (Wildman–Crippen LogP) is 1.32. The van der Waals surface area contributed by atoms with Crippen LogP contribution in [0.3, 0.4) is 0 Å². The molecule has 8 heteroatoms. The Kier molecular flexibility index (Phi) is 5.00. The molecule has 0 aliphatic carbocycles. The van der Waals surface area contributed by atoms with Gasteiger partial charge < -0.3 is 20.7 Å². The molecule has 0 aromatic carbocycles. The summed E-state index contributed by atoms with van der Waals surface area (Å²) in [5.74, 6) is -0.411. The van der Waals surface area contributed by atoms with E-state index in [0.29, 0.717) is 5.00 Å². The fraction of sp³-hybridized carbons (Fsp3) is 0.615. The predicted molar refractivity (Wildman–Crippen MR) is 81.4 cm³/mol. The van der Waals surface area contributed by atoms with Crippen LogP contribution in [0.4, 0.5) is 10.8 Å². The van der Waals surface area contributed by atoms with E-state index >= 15 is 0 Å². The number of aromatic nitrogens is 1. The molecule has 1 unspecified atom stereocenters. The lowest BCUT2D eigenvalue weighted by atomic mass is 10.1. The lowest BCUT2D eigenvalue weighted by molar-refractivity contribution is -0.132. The zero-order valence-corrected chi connectivity index (χ0v) is 13.0. The summed E-state index contributed by atoms with van der Waals surface area (Å²) in [4.78, 5) is 25.9. The summed E-state index contributed by atoms with van der Waals surface area (Å²) in [6.07, 6.45) is 3.25. The summed E-state index contributed by atoms with van der Waals surface area (Å²) in [7, 11) is 1.28. The highest BCUT2D eigenvalue weighted by Crippen LogP contribution is 2.28. The van der Waals surface area contributed by atoms with Crippen LogP contribution in [0, 0.1) is 0 Å². The van der Waals surface area contributed by atoms with E-state index in [-0.39, 0.29) is 17.3 Å². The average Bonchev–Trinajstić information content (AvgIpc) is 2.87. The number of nitrogens with zero attached hydrogens (tertiary/aromatic N) is 2. The Morgan fingerprint density at radius 1 is 1.38 bits per heavy atom. The van der Waals surface area contributed by atoms with E-state index in [1.165, 1.54) is 13.5 Å². The first-order valence-corrected chi connectivity index (χ1v) is 7.70. The van der Waals surface area contributed by atoms with Gasteiger partial charge in [-0.1, -0.05) is 0 Å². The first-order chi connectivity index (χ1) is 10.0. The van der Waals surface area contributed by atoms with Crippen molar-refractivity contribution < 1.29 is 14.3 Å². The maximum absolute atomic E-state index is 12.4. The van der Waals surface area contributed by atoms with E-state index in [4.69, 9.17) is 5.73 Å². The van der Waals surface area contributed by atoms with Gasteiger partial charge >= 0.3 is 5.97 Å². The third kappa shape index (κ3) is 3.44. The monoisotopic (exact) mass is 312 g/mol. The lowest BCUT2D eigenvalue weighted by Gasteiger charge is -2.29. The molecule has 0 saturated carbocycles. The van der Waals surface area contributed by atoms with Crippen molar-refractivity contribution in [2.75, 3.05) is 31.2 Å². The molecule has 7 nitrogen and oxygen atoms in total. The number of likely N-dealkylation sites (tertiary alicyclic amines) is 1. The second-order valence-corrected chi connectivity index (χ2v) is 5.79. The quantitative estimate of drug-likeness (QED) is 0.814. The van der Waals surface area contributed by atoms with Crippen LogP contribution >= 0.6 is 11.5 Å². The molecular weight excluding hydrogens is 292 g/mol. The molecule has 1 atom stereocenters. The molecule has 1 aromatic heterocycles. The smallest absolute Gasteiger partial charge is 0.344 e. The summed E-state index contributed by atoms with van der Waals surface area (Å²) < 4.78 is 8.63. The van der Waals surface area contributed by atoms with Crippen LogP contribution < -0.4 is 11.1 Å². The van der Waals surface area contributed by atoms with Crippen molar-refractivity contribution in [3.05, 3.63) is 5.56 Å². The SMILES string of the molecule is COC(=O)c1c(N)nsc1NC(C)C(=O)N1CCCCC1. The fourth-order valence-corrected chi connectivity index (χ4v) is 3.14. The second-order valence-electron chi connectivity index (χ2n) is 5.02. The number of ether oxygens (including phenoxy) is 1. The van der Waals surface area contributed by atoms with Gasteiger partial charge in [0.1, 0.15) is 16.6 Å². The van der Waals surface area contributed by atoms with E-state index in [2.05, 4.69) is 14.4 Å². The third-order valence-corrected chi connectivity index (χ3v) is 4.29. The van der Waals surface area contributed by atoms with Crippen LogP contribution in [0.25, 0.3) is 0 Å². The Labute approximate surface area is 127 Å². The number of carbonyl (C=O) groups excluding carboxylic acids is 2. The Morgan fingerprint density at radius 2 is 2.05 bits per heavy atom. The molecule has 116 valence electrons. The van der Waals surface area contributed by atoms with Crippen molar-refractivity contribution in [3.63, 3.8) is 0 Å². The lowest BCUT2D eigenvalue weighted by Crippen LogP contribution is -2.43. The van der Waals surface area contributed by atoms with Crippen molar-refractivity contribution in [2.24, 2.45) is 0 Å². The number of carbonyl (C=O) groups is 2. The minimum atomic E-state index is -0.554. The van der Waals surface area contributed by atoms with Gasteiger partial charge in [0.2, 0.25) is 5.91 Å². The largest absolute Gasteiger partial charge is 0.465 e. The molecule has 21 heavy (non-hydrogen) atoms. The molecule has 1 aliphatic rings. The number of anilines is 2. The number of hydrogen-bond donors (Lipinski definition) is 2. The molecule has 3 N–H and O–H groups in total. The van der Waals surface area contributed by atoms with Gasteiger partial charge in [0, 0.05) is 13.1 Å². The van der Waals surface area contributed by atoms with Crippen molar-refractivity contribution in [1.29, 1.82) is 0 Å². The zero-order chi connectivity index (χ0) is 15.4. The average molecular weight is 312 g/mol. The van der Waals surface area contributed by atoms with Crippen LogP contribution in [-0.2, 0) is 9.53 Å². The molecule has 1 saturated heterocycles. The van der Waals surface area contributed by atoms with E-state index < -0.39 is 12.0 Å². The van der Waals surface area contributed by atoms with Crippen molar-refractivity contribution in [3.8, 4) is 0 Å². The van der Waals surface area contributed by atoms with E-state index in [9.17, 15) is 9.59 Å². The second kappa shape index (κ2) is 6.75. The van der Waals surface area contributed by atoms with Gasteiger partial charge in [0.05, 0.1) is 7.11 Å². The number of piperidine rings is 1. The first kappa shape index (κ1) is 15.6. The minimum Gasteiger partial charge on any atom is -0.465 e. The Hall–Kier alpha value is -1.83. The van der Waals surface area contributed by atoms with E-state index in [1.807, 2.05) is 4.90 Å². The van der Waals surface area contributed by atoms with Gasteiger partial charge in [-0.05, 0) is 37.7 Å². The molecule has 0 radical (unpaired) electrons. The van der Waals surface area contributed by atoms with Gasteiger partial charge in [0.15, 0.2) is 5.82 Å². The van der Waals surface area contributed by atoms with Crippen molar-refractivity contribution >= 4 is 34.2 Å². The molecule has 1 amide bonds. The number of hydrogen-bond acceptors (Lipinski definition) is 7. The van der Waals surface area contributed by atoms with Gasteiger partial charge in [0.25, 0.3) is 0 Å². The summed E-state index contributed by atoms with van der Waals surface area (Å²) in [6, 6.07) is -0.439. The number of nitrogens with one attached hydrogen (secondary N) is 1. The summed E-state index contributed by atoms with van der Waals surface area (Å²) >= 11 is 1.05. The third-order valence-electron chi connectivity index (χ3n) is 3.49. The maximum Gasteiger partial charge on any atom is 0.344 e. The van der Waals surface area contributed by atoms with E-state index in [1.54, 1.807) is 6.92 Å². The molecule has 2 heterocycles. The Morgan fingerprint density at radius 3 is 2.67 bits per heavy atom. The summed E-state index contributed by atoms with van der Waals surface area (Å²) in [5, 5.41) is 3.50. The van der Waals surface area contributed by atoms with E-state index in [0.717, 1.165) is 37.5 Å². The van der Waals surface area contributed by atoms with Gasteiger partial charge in [-0.25, -0.2) is 4.79 Å². The minimum absolute atomic E-state index is 0.0255. The first-order valence-electron chi connectivity index (χ1n) is 6.93. The summed E-state index contributed by atoms with van der Waals surface area (Å²) in [5.41, 5.74) is 5.87. The zero-order valence-electron chi connectivity index (χ0n) is 12.2. The van der Waals surface area contributed by atoms with Crippen molar-refractivity contribution in [1.82, 2.24) is 9.27 Å². The maximum atomic E-state index is 12.4. The highest BCUT2D eigenvalue weighted by Gasteiger charge is 2.26.